The van der Waals surface area contributed by atoms with Gasteiger partial charge in [0.25, 0.3) is 0 Å². The van der Waals surface area contributed by atoms with Gasteiger partial charge in [0.2, 0.25) is 0 Å². The second-order valence-electron chi connectivity index (χ2n) is 5.18. The van der Waals surface area contributed by atoms with Crippen LogP contribution in [0.5, 0.6) is 0 Å². The standard InChI is InChI=1S/C16H16ClNO/c1-10-8-13(11-4-2-5-12(17)9-11)16-14(18-10)6-3-7-15(16)19/h2,4-5,8-9,13,18H,3,6-7H2,1H3. The van der Waals surface area contributed by atoms with E-state index in [1.165, 1.54) is 0 Å². The Morgan fingerprint density at radius 1 is 1.32 bits per heavy atom. The fraction of sp³-hybridized carbons (Fsp3) is 0.312. The highest BCUT2D eigenvalue weighted by molar-refractivity contribution is 6.30. The van der Waals surface area contributed by atoms with E-state index in [9.17, 15) is 4.79 Å². The maximum atomic E-state index is 12.2. The van der Waals surface area contributed by atoms with E-state index in [2.05, 4.69) is 11.4 Å². The highest BCUT2D eigenvalue weighted by Crippen LogP contribution is 2.37. The number of benzene rings is 1. The Labute approximate surface area is 118 Å². The molecule has 0 aromatic heterocycles. The van der Waals surface area contributed by atoms with Crippen molar-refractivity contribution < 1.29 is 4.79 Å². The zero-order valence-electron chi connectivity index (χ0n) is 10.9. The minimum Gasteiger partial charge on any atom is -0.362 e. The van der Waals surface area contributed by atoms with Crippen LogP contribution in [0.25, 0.3) is 0 Å². The van der Waals surface area contributed by atoms with Gasteiger partial charge in [-0.05, 0) is 37.5 Å². The van der Waals surface area contributed by atoms with Crippen molar-refractivity contribution in [3.63, 3.8) is 0 Å². The molecule has 1 aliphatic carbocycles. The molecule has 1 N–H and O–H groups in total. The van der Waals surface area contributed by atoms with Crippen LogP contribution in [-0.4, -0.2) is 5.78 Å². The second kappa shape index (κ2) is 4.86. The minimum atomic E-state index is 0.0442. The highest BCUT2D eigenvalue weighted by atomic mass is 35.5. The van der Waals surface area contributed by atoms with Gasteiger partial charge < -0.3 is 5.32 Å². The summed E-state index contributed by atoms with van der Waals surface area (Å²) in [7, 11) is 0. The number of halogens is 1. The third kappa shape index (κ3) is 2.33. The molecule has 3 heteroatoms. The van der Waals surface area contributed by atoms with Crippen molar-refractivity contribution in [3.8, 4) is 0 Å². The average molecular weight is 274 g/mol. The molecule has 0 spiro atoms. The smallest absolute Gasteiger partial charge is 0.161 e. The number of carbonyl (C=O) groups excluding carboxylic acids is 1. The molecule has 19 heavy (non-hydrogen) atoms. The third-order valence-electron chi connectivity index (χ3n) is 3.74. The Morgan fingerprint density at radius 2 is 2.16 bits per heavy atom. The fourth-order valence-electron chi connectivity index (χ4n) is 2.93. The monoisotopic (exact) mass is 273 g/mol. The SMILES string of the molecule is CC1=CC(c2cccc(Cl)c2)C2=C(CCCC2=O)N1. The zero-order chi connectivity index (χ0) is 13.4. The molecule has 3 rings (SSSR count). The van der Waals surface area contributed by atoms with Gasteiger partial charge in [-0.2, -0.15) is 0 Å². The Hall–Kier alpha value is -1.54. The number of carbonyl (C=O) groups is 1. The molecule has 0 saturated heterocycles. The van der Waals surface area contributed by atoms with Gasteiger partial charge in [0.15, 0.2) is 5.78 Å². The molecule has 1 aromatic rings. The van der Waals surface area contributed by atoms with Crippen LogP contribution in [0.1, 0.15) is 37.7 Å². The van der Waals surface area contributed by atoms with Crippen LogP contribution in [0.4, 0.5) is 0 Å². The number of hydrogen-bond acceptors (Lipinski definition) is 2. The van der Waals surface area contributed by atoms with E-state index in [-0.39, 0.29) is 11.7 Å². The van der Waals surface area contributed by atoms with Crippen molar-refractivity contribution in [1.29, 1.82) is 0 Å². The van der Waals surface area contributed by atoms with Crippen LogP contribution in [-0.2, 0) is 4.79 Å². The summed E-state index contributed by atoms with van der Waals surface area (Å²) >= 11 is 6.07. The summed E-state index contributed by atoms with van der Waals surface area (Å²) in [5.41, 5.74) is 4.23. The summed E-state index contributed by atoms with van der Waals surface area (Å²) in [6, 6.07) is 7.79. The van der Waals surface area contributed by atoms with Crippen LogP contribution in [0.2, 0.25) is 5.02 Å². The Bertz CT molecular complexity index is 601. The maximum absolute atomic E-state index is 12.2. The van der Waals surface area contributed by atoms with E-state index in [1.54, 1.807) is 0 Å². The van der Waals surface area contributed by atoms with Gasteiger partial charge in [0.1, 0.15) is 0 Å². The summed E-state index contributed by atoms with van der Waals surface area (Å²) in [6.07, 6.45) is 4.68. The van der Waals surface area contributed by atoms with E-state index in [1.807, 2.05) is 31.2 Å². The number of nitrogens with one attached hydrogen (secondary N) is 1. The zero-order valence-corrected chi connectivity index (χ0v) is 11.6. The van der Waals surface area contributed by atoms with Gasteiger partial charge in [-0.25, -0.2) is 0 Å². The summed E-state index contributed by atoms with van der Waals surface area (Å²) in [5, 5.41) is 4.07. The van der Waals surface area contributed by atoms with Gasteiger partial charge in [-0.1, -0.05) is 29.8 Å². The lowest BCUT2D eigenvalue weighted by Crippen LogP contribution is -2.28. The number of dihydropyridines is 1. The molecule has 1 aliphatic heterocycles. The Morgan fingerprint density at radius 3 is 2.95 bits per heavy atom. The first-order valence-electron chi connectivity index (χ1n) is 6.62. The van der Waals surface area contributed by atoms with E-state index < -0.39 is 0 Å². The van der Waals surface area contributed by atoms with Crippen LogP contribution in [0, 0.1) is 0 Å². The molecule has 0 bridgehead atoms. The molecule has 0 fully saturated rings. The van der Waals surface area contributed by atoms with Crippen LogP contribution in [0.3, 0.4) is 0 Å². The van der Waals surface area contributed by atoms with Crippen LogP contribution in [0.15, 0.2) is 47.3 Å². The van der Waals surface area contributed by atoms with Gasteiger partial charge in [-0.3, -0.25) is 4.79 Å². The minimum absolute atomic E-state index is 0.0442. The van der Waals surface area contributed by atoms with Gasteiger partial charge in [-0.15, -0.1) is 0 Å². The first kappa shape index (κ1) is 12.5. The lowest BCUT2D eigenvalue weighted by Gasteiger charge is -2.30. The van der Waals surface area contributed by atoms with Crippen molar-refractivity contribution in [2.45, 2.75) is 32.1 Å². The normalized spacial score (nSPS) is 22.7. The van der Waals surface area contributed by atoms with E-state index >= 15 is 0 Å². The first-order chi connectivity index (χ1) is 9.15. The van der Waals surface area contributed by atoms with Crippen molar-refractivity contribution in [2.24, 2.45) is 0 Å². The molecule has 1 aromatic carbocycles. The summed E-state index contributed by atoms with van der Waals surface area (Å²) in [4.78, 5) is 12.2. The second-order valence-corrected chi connectivity index (χ2v) is 5.61. The average Bonchev–Trinajstić information content (AvgIpc) is 2.37. The molecule has 1 heterocycles. The van der Waals surface area contributed by atoms with Gasteiger partial charge >= 0.3 is 0 Å². The Kier molecular flexibility index (Phi) is 3.19. The number of hydrogen-bond donors (Lipinski definition) is 1. The molecule has 1 atom stereocenters. The molecule has 0 radical (unpaired) electrons. The topological polar surface area (TPSA) is 29.1 Å². The number of Topliss-reactive ketones (excluding diaryl/α,β-unsaturated/α-hetero) is 1. The molecular weight excluding hydrogens is 258 g/mol. The predicted octanol–water partition coefficient (Wildman–Crippen LogP) is 3.94. The quantitative estimate of drug-likeness (QED) is 0.840. The molecular formula is C16H16ClNO. The molecule has 0 saturated carbocycles. The molecule has 1 unspecified atom stereocenters. The predicted molar refractivity (Wildman–Crippen MR) is 77.0 cm³/mol. The Balaban J connectivity index is 2.09. The molecule has 98 valence electrons. The first-order valence-corrected chi connectivity index (χ1v) is 7.00. The van der Waals surface area contributed by atoms with Crippen molar-refractivity contribution >= 4 is 17.4 Å². The number of ketones is 1. The van der Waals surface area contributed by atoms with Gasteiger partial charge in [0.05, 0.1) is 0 Å². The van der Waals surface area contributed by atoms with Crippen molar-refractivity contribution in [1.82, 2.24) is 5.32 Å². The molecule has 0 amide bonds. The highest BCUT2D eigenvalue weighted by Gasteiger charge is 2.30. The summed E-state index contributed by atoms with van der Waals surface area (Å²) in [5.74, 6) is 0.310. The fourth-order valence-corrected chi connectivity index (χ4v) is 3.13. The number of rotatable bonds is 1. The van der Waals surface area contributed by atoms with Crippen LogP contribution >= 0.6 is 11.6 Å². The maximum Gasteiger partial charge on any atom is 0.161 e. The lowest BCUT2D eigenvalue weighted by molar-refractivity contribution is -0.116. The number of allylic oxidation sites excluding steroid dienone is 4. The molecule has 2 nitrogen and oxygen atoms in total. The lowest BCUT2D eigenvalue weighted by atomic mass is 9.80. The van der Waals surface area contributed by atoms with Crippen molar-refractivity contribution in [2.75, 3.05) is 0 Å². The largest absolute Gasteiger partial charge is 0.362 e. The van der Waals surface area contributed by atoms with Gasteiger partial charge in [0, 0.05) is 34.3 Å². The summed E-state index contributed by atoms with van der Waals surface area (Å²) < 4.78 is 0. The summed E-state index contributed by atoms with van der Waals surface area (Å²) in [6.45, 7) is 2.04. The van der Waals surface area contributed by atoms with E-state index in [0.29, 0.717) is 11.4 Å². The van der Waals surface area contributed by atoms with E-state index in [0.717, 1.165) is 35.4 Å². The molecule has 2 aliphatic rings. The van der Waals surface area contributed by atoms with E-state index in [4.69, 9.17) is 11.6 Å². The van der Waals surface area contributed by atoms with Crippen molar-refractivity contribution in [3.05, 3.63) is 57.9 Å². The van der Waals surface area contributed by atoms with Crippen LogP contribution < -0.4 is 5.32 Å². The third-order valence-corrected chi connectivity index (χ3v) is 3.97.